The summed E-state index contributed by atoms with van der Waals surface area (Å²) in [6, 6.07) is 13.2. The van der Waals surface area contributed by atoms with E-state index in [1.807, 2.05) is 30.5 Å². The Labute approximate surface area is 122 Å². The van der Waals surface area contributed by atoms with Crippen LogP contribution in [0.5, 0.6) is 11.5 Å². The molecule has 3 nitrogen and oxygen atoms in total. The molecule has 0 amide bonds. The first-order chi connectivity index (χ1) is 9.78. The summed E-state index contributed by atoms with van der Waals surface area (Å²) in [5.41, 5.74) is 1.47. The lowest BCUT2D eigenvalue weighted by Crippen LogP contribution is -2.00. The highest BCUT2D eigenvalue weighted by molar-refractivity contribution is 7.98. The van der Waals surface area contributed by atoms with E-state index in [2.05, 4.69) is 0 Å². The van der Waals surface area contributed by atoms with Crippen LogP contribution in [0.2, 0.25) is 0 Å². The third-order valence-electron chi connectivity index (χ3n) is 2.89. The normalized spacial score (nSPS) is 10.1. The minimum Gasteiger partial charge on any atom is -0.496 e. The van der Waals surface area contributed by atoms with Crippen molar-refractivity contribution in [2.75, 3.05) is 13.4 Å². The first-order valence-electron chi connectivity index (χ1n) is 6.16. The van der Waals surface area contributed by atoms with Gasteiger partial charge in [-0.2, -0.15) is 0 Å². The molecule has 0 aromatic heterocycles. The van der Waals surface area contributed by atoms with E-state index >= 15 is 0 Å². The summed E-state index contributed by atoms with van der Waals surface area (Å²) < 4.78 is 11.1. The van der Waals surface area contributed by atoms with E-state index in [9.17, 15) is 4.79 Å². The molecule has 0 radical (unpaired) electrons. The van der Waals surface area contributed by atoms with Gasteiger partial charge in [0, 0.05) is 16.0 Å². The van der Waals surface area contributed by atoms with Gasteiger partial charge in [0.15, 0.2) is 0 Å². The highest BCUT2D eigenvalue weighted by Crippen LogP contribution is 2.29. The highest BCUT2D eigenvalue weighted by atomic mass is 32.2. The molecule has 0 heterocycles. The molecule has 0 saturated heterocycles. The minimum absolute atomic E-state index is 0.364. The Bertz CT molecular complexity index is 596. The molecule has 0 spiro atoms. The number of methoxy groups -OCH3 is 1. The zero-order valence-electron chi connectivity index (χ0n) is 11.5. The molecule has 0 unspecified atom stereocenters. The van der Waals surface area contributed by atoms with Crippen molar-refractivity contribution in [1.82, 2.24) is 0 Å². The maximum Gasteiger partial charge on any atom is 0.150 e. The standard InChI is InChI=1S/C16H16O3S/c1-18-14-8-7-12(10-17)9-13(14)11-19-15-5-3-4-6-16(15)20-2/h3-10H,11H2,1-2H3. The molecule has 4 heteroatoms. The molecule has 0 bridgehead atoms. The molecule has 0 saturated carbocycles. The van der Waals surface area contributed by atoms with E-state index in [0.29, 0.717) is 12.2 Å². The molecule has 0 aliphatic rings. The van der Waals surface area contributed by atoms with Gasteiger partial charge in [0.2, 0.25) is 0 Å². The van der Waals surface area contributed by atoms with Gasteiger partial charge in [0.05, 0.1) is 7.11 Å². The molecule has 0 atom stereocenters. The number of carbonyl (C=O) groups excluding carboxylic acids is 1. The first-order valence-corrected chi connectivity index (χ1v) is 7.39. The molecule has 0 N–H and O–H groups in total. The van der Waals surface area contributed by atoms with Gasteiger partial charge in [-0.1, -0.05) is 12.1 Å². The van der Waals surface area contributed by atoms with E-state index in [1.54, 1.807) is 37.1 Å². The number of ether oxygens (including phenoxy) is 2. The maximum absolute atomic E-state index is 10.8. The van der Waals surface area contributed by atoms with Gasteiger partial charge in [-0.3, -0.25) is 4.79 Å². The number of rotatable bonds is 6. The van der Waals surface area contributed by atoms with Gasteiger partial charge in [-0.05, 0) is 36.6 Å². The number of carbonyl (C=O) groups is 1. The SMILES string of the molecule is COc1ccc(C=O)cc1COc1ccccc1SC. The predicted molar refractivity (Wildman–Crippen MR) is 80.9 cm³/mol. The van der Waals surface area contributed by atoms with Gasteiger partial charge < -0.3 is 9.47 Å². The Morgan fingerprint density at radius 3 is 2.65 bits per heavy atom. The summed E-state index contributed by atoms with van der Waals surface area (Å²) in [6.45, 7) is 0.364. The van der Waals surface area contributed by atoms with E-state index < -0.39 is 0 Å². The van der Waals surface area contributed by atoms with Crippen molar-refractivity contribution in [3.63, 3.8) is 0 Å². The van der Waals surface area contributed by atoms with Gasteiger partial charge in [0.1, 0.15) is 24.4 Å². The number of hydrogen-bond donors (Lipinski definition) is 0. The number of benzene rings is 2. The van der Waals surface area contributed by atoms with Crippen LogP contribution in [-0.4, -0.2) is 19.7 Å². The van der Waals surface area contributed by atoms with E-state index in [-0.39, 0.29) is 0 Å². The lowest BCUT2D eigenvalue weighted by molar-refractivity contribution is 0.112. The molecule has 2 aromatic carbocycles. The lowest BCUT2D eigenvalue weighted by Gasteiger charge is -2.12. The van der Waals surface area contributed by atoms with Crippen molar-refractivity contribution in [3.8, 4) is 11.5 Å². The Kier molecular flexibility index (Phi) is 5.07. The van der Waals surface area contributed by atoms with Crippen molar-refractivity contribution in [1.29, 1.82) is 0 Å². The van der Waals surface area contributed by atoms with Crippen LogP contribution in [-0.2, 0) is 6.61 Å². The molecule has 104 valence electrons. The fraction of sp³-hybridized carbons (Fsp3) is 0.188. The van der Waals surface area contributed by atoms with Crippen LogP contribution in [0.4, 0.5) is 0 Å². The van der Waals surface area contributed by atoms with Crippen molar-refractivity contribution in [2.24, 2.45) is 0 Å². The molecule has 2 aromatic rings. The Morgan fingerprint density at radius 1 is 1.15 bits per heavy atom. The van der Waals surface area contributed by atoms with Gasteiger partial charge in [-0.25, -0.2) is 0 Å². The minimum atomic E-state index is 0.364. The number of thioether (sulfide) groups is 1. The summed E-state index contributed by atoms with van der Waals surface area (Å²) in [5, 5.41) is 0. The second kappa shape index (κ2) is 7.01. The summed E-state index contributed by atoms with van der Waals surface area (Å²) in [7, 11) is 1.61. The number of para-hydroxylation sites is 1. The number of aldehydes is 1. The van der Waals surface area contributed by atoms with Crippen molar-refractivity contribution in [2.45, 2.75) is 11.5 Å². The molecule has 0 fully saturated rings. The van der Waals surface area contributed by atoms with Crippen LogP contribution in [0, 0.1) is 0 Å². The van der Waals surface area contributed by atoms with Crippen LogP contribution < -0.4 is 9.47 Å². The van der Waals surface area contributed by atoms with Crippen molar-refractivity contribution >= 4 is 18.0 Å². The van der Waals surface area contributed by atoms with Gasteiger partial charge in [-0.15, -0.1) is 11.8 Å². The average Bonchev–Trinajstić information content (AvgIpc) is 2.52. The van der Waals surface area contributed by atoms with E-state index in [0.717, 1.165) is 28.2 Å². The second-order valence-corrected chi connectivity index (χ2v) is 4.98. The Morgan fingerprint density at radius 2 is 1.95 bits per heavy atom. The monoisotopic (exact) mass is 288 g/mol. The summed E-state index contributed by atoms with van der Waals surface area (Å²) in [6.07, 6.45) is 2.83. The van der Waals surface area contributed by atoms with Crippen LogP contribution in [0.1, 0.15) is 15.9 Å². The highest BCUT2D eigenvalue weighted by Gasteiger charge is 2.07. The second-order valence-electron chi connectivity index (χ2n) is 4.13. The van der Waals surface area contributed by atoms with Crippen LogP contribution in [0.25, 0.3) is 0 Å². The summed E-state index contributed by atoms with van der Waals surface area (Å²) in [5.74, 6) is 1.55. The predicted octanol–water partition coefficient (Wildman–Crippen LogP) is 3.81. The third-order valence-corrected chi connectivity index (χ3v) is 3.67. The summed E-state index contributed by atoms with van der Waals surface area (Å²) >= 11 is 1.64. The van der Waals surface area contributed by atoms with Crippen LogP contribution in [0.15, 0.2) is 47.4 Å². The Hall–Kier alpha value is -1.94. The Balaban J connectivity index is 2.19. The van der Waals surface area contributed by atoms with Crippen LogP contribution >= 0.6 is 11.8 Å². The van der Waals surface area contributed by atoms with Gasteiger partial charge >= 0.3 is 0 Å². The fourth-order valence-corrected chi connectivity index (χ4v) is 2.42. The summed E-state index contributed by atoms with van der Waals surface area (Å²) in [4.78, 5) is 11.9. The number of hydrogen-bond acceptors (Lipinski definition) is 4. The third kappa shape index (κ3) is 3.33. The van der Waals surface area contributed by atoms with Crippen molar-refractivity contribution in [3.05, 3.63) is 53.6 Å². The molecule has 0 aliphatic carbocycles. The van der Waals surface area contributed by atoms with Crippen molar-refractivity contribution < 1.29 is 14.3 Å². The van der Waals surface area contributed by atoms with E-state index in [4.69, 9.17) is 9.47 Å². The molecule has 2 rings (SSSR count). The van der Waals surface area contributed by atoms with E-state index in [1.165, 1.54) is 0 Å². The molecule has 0 aliphatic heterocycles. The van der Waals surface area contributed by atoms with Crippen LogP contribution in [0.3, 0.4) is 0 Å². The topological polar surface area (TPSA) is 35.5 Å². The zero-order chi connectivity index (χ0) is 14.4. The first kappa shape index (κ1) is 14.5. The fourth-order valence-electron chi connectivity index (χ4n) is 1.88. The quantitative estimate of drug-likeness (QED) is 0.598. The lowest BCUT2D eigenvalue weighted by atomic mass is 10.1. The average molecular weight is 288 g/mol. The molecular weight excluding hydrogens is 272 g/mol. The molecular formula is C16H16O3S. The largest absolute Gasteiger partial charge is 0.496 e. The zero-order valence-corrected chi connectivity index (χ0v) is 12.3. The maximum atomic E-state index is 10.8. The van der Waals surface area contributed by atoms with Gasteiger partial charge in [0.25, 0.3) is 0 Å². The molecule has 20 heavy (non-hydrogen) atoms. The smallest absolute Gasteiger partial charge is 0.150 e.